The molecule has 1 aromatic carbocycles. The van der Waals surface area contributed by atoms with Crippen molar-refractivity contribution in [3.05, 3.63) is 24.3 Å². The summed E-state index contributed by atoms with van der Waals surface area (Å²) in [6.07, 6.45) is 2.43. The average molecular weight is 274 g/mol. The Bertz CT molecular complexity index is 450. The normalized spacial score (nSPS) is 19.3. The number of ether oxygens (including phenoxy) is 2. The second-order valence-electron chi connectivity index (χ2n) is 5.19. The number of hydrogen-bond acceptors (Lipinski definition) is 4. The van der Waals surface area contributed by atoms with E-state index < -0.39 is 0 Å². The molecule has 1 aromatic rings. The van der Waals surface area contributed by atoms with Crippen molar-refractivity contribution in [2.45, 2.75) is 32.2 Å². The van der Waals surface area contributed by atoms with Gasteiger partial charge in [0.1, 0.15) is 5.75 Å². The van der Waals surface area contributed by atoms with Crippen LogP contribution in [0.25, 0.3) is 0 Å². The number of nitrogens with zero attached hydrogens (tertiary/aromatic N) is 1. The maximum Gasteiger partial charge on any atom is 0.121 e. The van der Waals surface area contributed by atoms with E-state index in [2.05, 4.69) is 24.4 Å². The zero-order valence-corrected chi connectivity index (χ0v) is 12.0. The number of nitrogens with one attached hydrogen (secondary N) is 1. The van der Waals surface area contributed by atoms with Crippen LogP contribution in [-0.4, -0.2) is 25.9 Å². The number of anilines is 1. The lowest BCUT2D eigenvalue weighted by atomic mass is 10.0. The fraction of sp³-hybridized carbons (Fsp3) is 0.562. The first-order valence-electron chi connectivity index (χ1n) is 7.23. The smallest absolute Gasteiger partial charge is 0.121 e. The first-order chi connectivity index (χ1) is 9.79. The molecule has 20 heavy (non-hydrogen) atoms. The van der Waals surface area contributed by atoms with Crippen LogP contribution in [-0.2, 0) is 4.74 Å². The van der Waals surface area contributed by atoms with Gasteiger partial charge in [0, 0.05) is 36.7 Å². The number of hydrogen-bond donors (Lipinski definition) is 1. The molecule has 0 radical (unpaired) electrons. The number of benzene rings is 1. The van der Waals surface area contributed by atoms with Crippen molar-refractivity contribution >= 4 is 5.69 Å². The molecule has 4 nitrogen and oxygen atoms in total. The predicted octanol–water partition coefficient (Wildman–Crippen LogP) is 3.21. The molecule has 4 heteroatoms. The molecule has 1 fully saturated rings. The molecule has 0 spiro atoms. The van der Waals surface area contributed by atoms with E-state index in [9.17, 15) is 0 Å². The van der Waals surface area contributed by atoms with Gasteiger partial charge in [-0.25, -0.2) is 0 Å². The summed E-state index contributed by atoms with van der Waals surface area (Å²) < 4.78 is 11.1. The van der Waals surface area contributed by atoms with Crippen LogP contribution in [0.3, 0.4) is 0 Å². The minimum atomic E-state index is 0.395. The molecular formula is C16H22N2O2. The van der Waals surface area contributed by atoms with Crippen molar-refractivity contribution in [2.75, 3.05) is 25.1 Å². The molecule has 0 saturated carbocycles. The van der Waals surface area contributed by atoms with Crippen molar-refractivity contribution in [1.29, 1.82) is 5.26 Å². The third-order valence-electron chi connectivity index (χ3n) is 3.60. The quantitative estimate of drug-likeness (QED) is 0.776. The van der Waals surface area contributed by atoms with Crippen LogP contribution in [0.15, 0.2) is 24.3 Å². The number of rotatable bonds is 7. The number of nitriles is 1. The van der Waals surface area contributed by atoms with Gasteiger partial charge in [-0.3, -0.25) is 0 Å². The largest absolute Gasteiger partial charge is 0.493 e. The molecular weight excluding hydrogens is 252 g/mol. The Morgan fingerprint density at radius 2 is 2.45 bits per heavy atom. The molecule has 1 heterocycles. The summed E-state index contributed by atoms with van der Waals surface area (Å²) in [6.45, 7) is 4.50. The zero-order valence-electron chi connectivity index (χ0n) is 12.0. The van der Waals surface area contributed by atoms with Crippen molar-refractivity contribution in [1.82, 2.24) is 0 Å². The molecule has 1 aliphatic heterocycles. The van der Waals surface area contributed by atoms with E-state index >= 15 is 0 Å². The molecule has 1 N–H and O–H groups in total. The molecule has 0 amide bonds. The lowest BCUT2D eigenvalue weighted by Gasteiger charge is -2.20. The van der Waals surface area contributed by atoms with Gasteiger partial charge in [-0.2, -0.15) is 5.26 Å². The molecule has 0 aliphatic carbocycles. The van der Waals surface area contributed by atoms with E-state index in [0.717, 1.165) is 37.5 Å². The topological polar surface area (TPSA) is 54.3 Å². The molecule has 0 aromatic heterocycles. The van der Waals surface area contributed by atoms with Crippen LogP contribution in [0.4, 0.5) is 5.69 Å². The highest BCUT2D eigenvalue weighted by atomic mass is 16.5. The van der Waals surface area contributed by atoms with Crippen LogP contribution < -0.4 is 10.1 Å². The molecule has 2 unspecified atom stereocenters. The van der Waals surface area contributed by atoms with Crippen LogP contribution in [0.5, 0.6) is 5.75 Å². The standard InChI is InChI=1S/C16H22N2O2/c1-13(14-7-10-19-12-14)18-15-5-4-6-16(11-15)20-9-3-2-8-17/h4-6,11,13-14,18H,2-3,7,9-10,12H2,1H3. The van der Waals surface area contributed by atoms with E-state index in [1.807, 2.05) is 18.2 Å². The van der Waals surface area contributed by atoms with Gasteiger partial charge in [-0.1, -0.05) is 6.07 Å². The Hall–Kier alpha value is -1.73. The van der Waals surface area contributed by atoms with Crippen molar-refractivity contribution < 1.29 is 9.47 Å². The fourth-order valence-corrected chi connectivity index (χ4v) is 2.34. The van der Waals surface area contributed by atoms with E-state index in [1.165, 1.54) is 0 Å². The Morgan fingerprint density at radius 3 is 3.20 bits per heavy atom. The summed E-state index contributed by atoms with van der Waals surface area (Å²) in [6, 6.07) is 10.5. The third kappa shape index (κ3) is 4.43. The van der Waals surface area contributed by atoms with Crippen molar-refractivity contribution in [2.24, 2.45) is 5.92 Å². The first kappa shape index (κ1) is 14.7. The van der Waals surface area contributed by atoms with Crippen molar-refractivity contribution in [3.8, 4) is 11.8 Å². The van der Waals surface area contributed by atoms with Gasteiger partial charge in [0.25, 0.3) is 0 Å². The van der Waals surface area contributed by atoms with Crippen molar-refractivity contribution in [3.63, 3.8) is 0 Å². The van der Waals surface area contributed by atoms with E-state index in [-0.39, 0.29) is 0 Å². The lowest BCUT2D eigenvalue weighted by Crippen LogP contribution is -2.26. The summed E-state index contributed by atoms with van der Waals surface area (Å²) >= 11 is 0. The van der Waals surface area contributed by atoms with Crippen LogP contribution in [0.1, 0.15) is 26.2 Å². The number of unbranched alkanes of at least 4 members (excludes halogenated alkanes) is 1. The molecule has 108 valence electrons. The molecule has 2 atom stereocenters. The summed E-state index contributed by atoms with van der Waals surface area (Å²) in [7, 11) is 0. The van der Waals surface area contributed by atoms with Gasteiger partial charge in [-0.15, -0.1) is 0 Å². The highest BCUT2D eigenvalue weighted by Gasteiger charge is 2.22. The second kappa shape index (κ2) is 7.76. The SMILES string of the molecule is CC(Nc1cccc(OCCCC#N)c1)C1CCOC1. The highest BCUT2D eigenvalue weighted by Crippen LogP contribution is 2.23. The second-order valence-corrected chi connectivity index (χ2v) is 5.19. The van der Waals surface area contributed by atoms with Gasteiger partial charge < -0.3 is 14.8 Å². The molecule has 1 aliphatic rings. The summed E-state index contributed by atoms with van der Waals surface area (Å²) in [5.41, 5.74) is 1.07. The maximum atomic E-state index is 8.48. The Morgan fingerprint density at radius 1 is 1.55 bits per heavy atom. The van der Waals surface area contributed by atoms with Crippen LogP contribution >= 0.6 is 0 Å². The van der Waals surface area contributed by atoms with E-state index in [0.29, 0.717) is 25.0 Å². The Labute approximate surface area is 120 Å². The maximum absolute atomic E-state index is 8.48. The Balaban J connectivity index is 1.83. The zero-order chi connectivity index (χ0) is 14.2. The van der Waals surface area contributed by atoms with Gasteiger partial charge >= 0.3 is 0 Å². The van der Waals surface area contributed by atoms with Gasteiger partial charge in [0.15, 0.2) is 0 Å². The van der Waals surface area contributed by atoms with E-state index in [1.54, 1.807) is 0 Å². The summed E-state index contributed by atoms with van der Waals surface area (Å²) in [4.78, 5) is 0. The van der Waals surface area contributed by atoms with Gasteiger partial charge in [-0.05, 0) is 31.9 Å². The molecule has 1 saturated heterocycles. The predicted molar refractivity (Wildman–Crippen MR) is 78.8 cm³/mol. The fourth-order valence-electron chi connectivity index (χ4n) is 2.34. The monoisotopic (exact) mass is 274 g/mol. The lowest BCUT2D eigenvalue weighted by molar-refractivity contribution is 0.183. The average Bonchev–Trinajstić information content (AvgIpc) is 2.98. The Kier molecular flexibility index (Phi) is 5.69. The third-order valence-corrected chi connectivity index (χ3v) is 3.60. The molecule has 0 bridgehead atoms. The van der Waals surface area contributed by atoms with Gasteiger partial charge in [0.05, 0.1) is 19.3 Å². The first-order valence-corrected chi connectivity index (χ1v) is 7.23. The van der Waals surface area contributed by atoms with Crippen LogP contribution in [0, 0.1) is 17.2 Å². The minimum absolute atomic E-state index is 0.395. The molecule has 2 rings (SSSR count). The van der Waals surface area contributed by atoms with E-state index in [4.69, 9.17) is 14.7 Å². The van der Waals surface area contributed by atoms with Crippen LogP contribution in [0.2, 0.25) is 0 Å². The summed E-state index contributed by atoms with van der Waals surface area (Å²) in [5.74, 6) is 1.43. The highest BCUT2D eigenvalue weighted by molar-refractivity contribution is 5.48. The minimum Gasteiger partial charge on any atom is -0.493 e. The summed E-state index contributed by atoms with van der Waals surface area (Å²) in [5, 5.41) is 12.0. The van der Waals surface area contributed by atoms with Gasteiger partial charge in [0.2, 0.25) is 0 Å².